The summed E-state index contributed by atoms with van der Waals surface area (Å²) in [5, 5.41) is 0. The highest BCUT2D eigenvalue weighted by Gasteiger charge is 2.42. The normalized spacial score (nSPS) is 29.5. The number of ether oxygens (including phenoxy) is 1. The van der Waals surface area contributed by atoms with Gasteiger partial charge in [0, 0.05) is 0 Å². The van der Waals surface area contributed by atoms with Crippen LogP contribution in [0.3, 0.4) is 0 Å². The Morgan fingerprint density at radius 3 is 2.84 bits per heavy atom. The summed E-state index contributed by atoms with van der Waals surface area (Å²) in [7, 11) is 0. The van der Waals surface area contributed by atoms with Crippen molar-refractivity contribution in [3.63, 3.8) is 0 Å². The summed E-state index contributed by atoms with van der Waals surface area (Å²) in [6, 6.07) is 2.65. The molecule has 3 heterocycles. The third kappa shape index (κ3) is 1.53. The van der Waals surface area contributed by atoms with Crippen molar-refractivity contribution in [1.82, 2.24) is 9.55 Å². The van der Waals surface area contributed by atoms with Gasteiger partial charge in [-0.25, -0.2) is 8.78 Å². The zero-order chi connectivity index (χ0) is 13.1. The molecule has 19 heavy (non-hydrogen) atoms. The fourth-order valence-electron chi connectivity index (χ4n) is 3.35. The molecule has 1 N–H and O–H groups in total. The maximum absolute atomic E-state index is 14.1. The molecule has 0 radical (unpaired) electrons. The van der Waals surface area contributed by atoms with Gasteiger partial charge in [-0.2, -0.15) is 0 Å². The quantitative estimate of drug-likeness (QED) is 0.812. The van der Waals surface area contributed by atoms with Crippen LogP contribution in [0.1, 0.15) is 25.3 Å². The average molecular weight is 282 g/mol. The lowest BCUT2D eigenvalue weighted by Crippen LogP contribution is -2.21. The van der Waals surface area contributed by atoms with Gasteiger partial charge in [-0.05, 0) is 43.6 Å². The van der Waals surface area contributed by atoms with Gasteiger partial charge in [0.05, 0.1) is 23.8 Å². The fraction of sp³-hybridized carbons (Fsp3) is 0.462. The van der Waals surface area contributed by atoms with Gasteiger partial charge in [-0.15, -0.1) is 0 Å². The number of hydrogen-bond donors (Lipinski definition) is 1. The van der Waals surface area contributed by atoms with Crippen LogP contribution >= 0.6 is 12.2 Å². The monoisotopic (exact) mass is 282 g/mol. The van der Waals surface area contributed by atoms with Crippen LogP contribution in [0, 0.1) is 16.4 Å². The molecule has 2 fully saturated rings. The van der Waals surface area contributed by atoms with E-state index in [1.807, 2.05) is 0 Å². The van der Waals surface area contributed by atoms with Gasteiger partial charge < -0.3 is 14.3 Å². The van der Waals surface area contributed by atoms with Crippen molar-refractivity contribution in [2.75, 3.05) is 0 Å². The largest absolute Gasteiger partial charge is 0.373 e. The van der Waals surface area contributed by atoms with Crippen molar-refractivity contribution in [2.24, 2.45) is 0 Å². The SMILES string of the molecule is Fc1ccc2[nH]c(=S)n(C3CC4CCC3O4)c2c1F. The third-order valence-corrected chi connectivity index (χ3v) is 4.47. The van der Waals surface area contributed by atoms with Crippen LogP contribution in [0.2, 0.25) is 0 Å². The van der Waals surface area contributed by atoms with Crippen LogP contribution in [-0.4, -0.2) is 21.8 Å². The van der Waals surface area contributed by atoms with Crippen molar-refractivity contribution < 1.29 is 13.5 Å². The Labute approximate surface area is 113 Å². The summed E-state index contributed by atoms with van der Waals surface area (Å²) < 4.78 is 35.4. The van der Waals surface area contributed by atoms with E-state index in [9.17, 15) is 8.78 Å². The minimum atomic E-state index is -0.848. The van der Waals surface area contributed by atoms with Crippen molar-refractivity contribution in [1.29, 1.82) is 0 Å². The lowest BCUT2D eigenvalue weighted by Gasteiger charge is -2.21. The van der Waals surface area contributed by atoms with Gasteiger partial charge in [-0.1, -0.05) is 0 Å². The molecule has 0 aliphatic carbocycles. The second-order valence-electron chi connectivity index (χ2n) is 5.23. The first-order valence-electron chi connectivity index (χ1n) is 6.39. The Hall–Kier alpha value is -1.27. The van der Waals surface area contributed by atoms with E-state index in [0.717, 1.165) is 25.3 Å². The predicted octanol–water partition coefficient (Wildman–Crippen LogP) is 3.47. The predicted molar refractivity (Wildman–Crippen MR) is 68.6 cm³/mol. The summed E-state index contributed by atoms with van der Waals surface area (Å²) in [6.07, 6.45) is 3.13. The number of fused-ring (bicyclic) bond motifs is 3. The van der Waals surface area contributed by atoms with E-state index in [1.54, 1.807) is 4.57 Å². The van der Waals surface area contributed by atoms with E-state index in [-0.39, 0.29) is 23.8 Å². The molecule has 4 rings (SSSR count). The average Bonchev–Trinajstić information content (AvgIpc) is 3.06. The molecule has 1 aromatic heterocycles. The Balaban J connectivity index is 1.96. The number of nitrogens with zero attached hydrogens (tertiary/aromatic N) is 1. The Bertz CT molecular complexity index is 723. The maximum Gasteiger partial charge on any atom is 0.184 e. The molecule has 3 atom stereocenters. The molecule has 0 amide bonds. The zero-order valence-corrected chi connectivity index (χ0v) is 10.8. The molecule has 2 aromatic rings. The van der Waals surface area contributed by atoms with Gasteiger partial charge in [-0.3, -0.25) is 0 Å². The van der Waals surface area contributed by atoms with Crippen molar-refractivity contribution in [3.05, 3.63) is 28.5 Å². The molecule has 100 valence electrons. The highest BCUT2D eigenvalue weighted by atomic mass is 32.1. The third-order valence-electron chi connectivity index (χ3n) is 4.18. The molecule has 0 spiro atoms. The first-order valence-corrected chi connectivity index (χ1v) is 6.79. The number of benzene rings is 1. The number of rotatable bonds is 1. The maximum atomic E-state index is 14.1. The zero-order valence-electron chi connectivity index (χ0n) is 10.0. The lowest BCUT2D eigenvalue weighted by atomic mass is 9.95. The van der Waals surface area contributed by atoms with E-state index in [0.29, 0.717) is 10.3 Å². The van der Waals surface area contributed by atoms with E-state index in [2.05, 4.69) is 4.98 Å². The summed E-state index contributed by atoms with van der Waals surface area (Å²) in [5.74, 6) is -1.69. The van der Waals surface area contributed by atoms with Crippen LogP contribution in [0.4, 0.5) is 8.78 Å². The smallest absolute Gasteiger partial charge is 0.184 e. The number of aromatic nitrogens is 2. The summed E-state index contributed by atoms with van der Waals surface area (Å²) >= 11 is 5.27. The highest BCUT2D eigenvalue weighted by Crippen LogP contribution is 2.43. The first kappa shape index (κ1) is 11.5. The van der Waals surface area contributed by atoms with Gasteiger partial charge >= 0.3 is 0 Å². The molecule has 3 nitrogen and oxygen atoms in total. The Morgan fingerprint density at radius 2 is 2.16 bits per heavy atom. The number of imidazole rings is 1. The van der Waals surface area contributed by atoms with Crippen molar-refractivity contribution >= 4 is 23.3 Å². The first-order chi connectivity index (χ1) is 9.15. The van der Waals surface area contributed by atoms with Crippen LogP contribution in [-0.2, 0) is 4.74 Å². The number of nitrogens with one attached hydrogen (secondary N) is 1. The van der Waals surface area contributed by atoms with E-state index < -0.39 is 11.6 Å². The number of H-pyrrole nitrogens is 1. The summed E-state index contributed by atoms with van der Waals surface area (Å²) in [6.45, 7) is 0. The molecular formula is C13H12F2N2OS. The molecule has 2 aliphatic heterocycles. The molecule has 6 heteroatoms. The summed E-state index contributed by atoms with van der Waals surface area (Å²) in [5.41, 5.74) is 0.762. The van der Waals surface area contributed by atoms with Crippen molar-refractivity contribution in [3.8, 4) is 0 Å². The van der Waals surface area contributed by atoms with Gasteiger partial charge in [0.1, 0.15) is 5.52 Å². The van der Waals surface area contributed by atoms with Crippen LogP contribution in [0.5, 0.6) is 0 Å². The number of aromatic amines is 1. The molecule has 2 bridgehead atoms. The molecule has 0 saturated carbocycles. The van der Waals surface area contributed by atoms with Crippen LogP contribution in [0.15, 0.2) is 12.1 Å². The molecule has 3 unspecified atom stereocenters. The Kier molecular flexibility index (Phi) is 2.35. The van der Waals surface area contributed by atoms with Crippen LogP contribution in [0.25, 0.3) is 11.0 Å². The standard InChI is InChI=1S/C13H12F2N2OS/c14-7-2-3-8-12(11(7)15)17(13(19)16-8)9-5-6-1-4-10(9)18-6/h2-3,6,9-10H,1,4-5H2,(H,16,19). The van der Waals surface area contributed by atoms with E-state index in [1.165, 1.54) is 6.07 Å². The minimum Gasteiger partial charge on any atom is -0.373 e. The molecule has 1 aromatic carbocycles. The van der Waals surface area contributed by atoms with Gasteiger partial charge in [0.15, 0.2) is 16.4 Å². The fourth-order valence-corrected chi connectivity index (χ4v) is 3.69. The van der Waals surface area contributed by atoms with Crippen molar-refractivity contribution in [2.45, 2.75) is 37.5 Å². The second kappa shape index (κ2) is 3.86. The van der Waals surface area contributed by atoms with Gasteiger partial charge in [0.2, 0.25) is 0 Å². The van der Waals surface area contributed by atoms with Crippen LogP contribution < -0.4 is 0 Å². The number of halogens is 2. The molecule has 2 aliphatic rings. The molecular weight excluding hydrogens is 270 g/mol. The number of hydrogen-bond acceptors (Lipinski definition) is 2. The van der Waals surface area contributed by atoms with E-state index in [4.69, 9.17) is 17.0 Å². The minimum absolute atomic E-state index is 0.0105. The van der Waals surface area contributed by atoms with E-state index >= 15 is 0 Å². The Morgan fingerprint density at radius 1 is 1.32 bits per heavy atom. The summed E-state index contributed by atoms with van der Waals surface area (Å²) in [4.78, 5) is 2.95. The lowest BCUT2D eigenvalue weighted by molar-refractivity contribution is 0.0941. The topological polar surface area (TPSA) is 29.9 Å². The molecule has 2 saturated heterocycles. The van der Waals surface area contributed by atoms with Gasteiger partial charge in [0.25, 0.3) is 0 Å². The highest BCUT2D eigenvalue weighted by molar-refractivity contribution is 7.71. The second-order valence-corrected chi connectivity index (χ2v) is 5.62.